The fourth-order valence-corrected chi connectivity index (χ4v) is 1.96. The molecule has 0 saturated carbocycles. The van der Waals surface area contributed by atoms with E-state index in [1.807, 2.05) is 6.92 Å². The van der Waals surface area contributed by atoms with Gasteiger partial charge in [-0.25, -0.2) is 0 Å². The molecule has 0 radical (unpaired) electrons. The fourth-order valence-electron chi connectivity index (χ4n) is 1.66. The van der Waals surface area contributed by atoms with E-state index < -0.39 is 5.56 Å². The highest BCUT2D eigenvalue weighted by atomic mass is 35.5. The summed E-state index contributed by atoms with van der Waals surface area (Å²) in [6.07, 6.45) is 0.752. The molecule has 0 aliphatic heterocycles. The van der Waals surface area contributed by atoms with Gasteiger partial charge in [-0.1, -0.05) is 18.5 Å². The van der Waals surface area contributed by atoms with Crippen molar-refractivity contribution in [3.05, 3.63) is 39.1 Å². The monoisotopic (exact) mass is 223 g/mol. The second-order valence-electron chi connectivity index (χ2n) is 3.32. The molecule has 0 aliphatic rings. The Bertz CT molecular complexity index is 575. The second-order valence-corrected chi connectivity index (χ2v) is 3.73. The van der Waals surface area contributed by atoms with E-state index >= 15 is 0 Å². The minimum Gasteiger partial charge on any atom is -0.503 e. The van der Waals surface area contributed by atoms with Crippen LogP contribution in [-0.2, 0) is 6.42 Å². The first kappa shape index (κ1) is 10.1. The van der Waals surface area contributed by atoms with E-state index in [4.69, 9.17) is 11.6 Å². The molecular formula is C11H10ClNO2. The van der Waals surface area contributed by atoms with Gasteiger partial charge in [0.15, 0.2) is 5.75 Å². The average Bonchev–Trinajstić information content (AvgIpc) is 2.21. The molecule has 78 valence electrons. The Morgan fingerprint density at radius 1 is 1.47 bits per heavy atom. The SMILES string of the molecule is CCc1c(Cl)ccc2[nH]c(=O)c(O)cc12. The number of aromatic amines is 1. The molecule has 15 heavy (non-hydrogen) atoms. The summed E-state index contributed by atoms with van der Waals surface area (Å²) in [6.45, 7) is 1.98. The second kappa shape index (κ2) is 3.59. The molecule has 0 fully saturated rings. The Kier molecular flexibility index (Phi) is 2.40. The van der Waals surface area contributed by atoms with Gasteiger partial charge in [-0.2, -0.15) is 0 Å². The van der Waals surface area contributed by atoms with Crippen molar-refractivity contribution in [3.63, 3.8) is 0 Å². The molecule has 0 atom stereocenters. The summed E-state index contributed by atoms with van der Waals surface area (Å²) in [6, 6.07) is 4.94. The van der Waals surface area contributed by atoms with E-state index in [0.29, 0.717) is 10.5 Å². The molecule has 1 aromatic carbocycles. The van der Waals surface area contributed by atoms with E-state index in [1.54, 1.807) is 12.1 Å². The van der Waals surface area contributed by atoms with Crippen LogP contribution in [0.4, 0.5) is 0 Å². The number of H-pyrrole nitrogens is 1. The van der Waals surface area contributed by atoms with Crippen molar-refractivity contribution in [1.82, 2.24) is 4.98 Å². The lowest BCUT2D eigenvalue weighted by atomic mass is 10.1. The average molecular weight is 224 g/mol. The molecule has 1 heterocycles. The summed E-state index contributed by atoms with van der Waals surface area (Å²) in [5.74, 6) is -0.278. The third-order valence-corrected chi connectivity index (χ3v) is 2.77. The molecule has 2 aromatic rings. The van der Waals surface area contributed by atoms with Gasteiger partial charge in [-0.15, -0.1) is 0 Å². The van der Waals surface area contributed by atoms with E-state index in [0.717, 1.165) is 17.4 Å². The quantitative estimate of drug-likeness (QED) is 0.780. The van der Waals surface area contributed by atoms with Gasteiger partial charge >= 0.3 is 0 Å². The van der Waals surface area contributed by atoms with Gasteiger partial charge < -0.3 is 10.1 Å². The van der Waals surface area contributed by atoms with Crippen molar-refractivity contribution in [2.45, 2.75) is 13.3 Å². The van der Waals surface area contributed by atoms with Crippen LogP contribution < -0.4 is 5.56 Å². The van der Waals surface area contributed by atoms with Crippen molar-refractivity contribution in [3.8, 4) is 5.75 Å². The molecule has 1 aromatic heterocycles. The minimum absolute atomic E-state index is 0.278. The molecular weight excluding hydrogens is 214 g/mol. The van der Waals surface area contributed by atoms with Crippen molar-refractivity contribution in [1.29, 1.82) is 0 Å². The highest BCUT2D eigenvalue weighted by molar-refractivity contribution is 6.32. The van der Waals surface area contributed by atoms with Gasteiger partial charge in [0.2, 0.25) is 0 Å². The zero-order chi connectivity index (χ0) is 11.0. The van der Waals surface area contributed by atoms with Crippen LogP contribution >= 0.6 is 11.6 Å². The molecule has 0 amide bonds. The fraction of sp³-hybridized carbons (Fsp3) is 0.182. The summed E-state index contributed by atoms with van der Waals surface area (Å²) < 4.78 is 0. The molecule has 4 heteroatoms. The summed E-state index contributed by atoms with van der Waals surface area (Å²) >= 11 is 6.02. The standard InChI is InChI=1S/C11H10ClNO2/c1-2-6-7-5-10(14)11(15)13-9(7)4-3-8(6)12/h3-5,14H,2H2,1H3,(H,13,15). The number of aromatic hydroxyl groups is 1. The Morgan fingerprint density at radius 3 is 2.87 bits per heavy atom. The third kappa shape index (κ3) is 1.59. The van der Waals surface area contributed by atoms with Crippen LogP contribution in [-0.4, -0.2) is 10.1 Å². The Morgan fingerprint density at radius 2 is 2.20 bits per heavy atom. The number of benzene rings is 1. The van der Waals surface area contributed by atoms with Crippen LogP contribution in [0.2, 0.25) is 5.02 Å². The van der Waals surface area contributed by atoms with Crippen LogP contribution in [0, 0.1) is 0 Å². The number of aromatic nitrogens is 1. The predicted octanol–water partition coefficient (Wildman–Crippen LogP) is 2.45. The Balaban J connectivity index is 2.92. The van der Waals surface area contributed by atoms with E-state index in [2.05, 4.69) is 4.98 Å². The molecule has 0 saturated heterocycles. The van der Waals surface area contributed by atoms with Crippen molar-refractivity contribution in [2.24, 2.45) is 0 Å². The number of rotatable bonds is 1. The number of hydrogen-bond acceptors (Lipinski definition) is 2. The summed E-state index contributed by atoms with van der Waals surface area (Å²) in [7, 11) is 0. The number of aryl methyl sites for hydroxylation is 1. The van der Waals surface area contributed by atoms with E-state index in [1.165, 1.54) is 6.07 Å². The van der Waals surface area contributed by atoms with Gasteiger partial charge in [-0.05, 0) is 30.2 Å². The lowest BCUT2D eigenvalue weighted by Gasteiger charge is -2.06. The van der Waals surface area contributed by atoms with E-state index in [-0.39, 0.29) is 5.75 Å². The number of fused-ring (bicyclic) bond motifs is 1. The molecule has 0 aliphatic carbocycles. The lowest BCUT2D eigenvalue weighted by molar-refractivity contribution is 0.468. The molecule has 0 bridgehead atoms. The highest BCUT2D eigenvalue weighted by Gasteiger charge is 2.07. The third-order valence-electron chi connectivity index (χ3n) is 2.42. The van der Waals surface area contributed by atoms with Crippen molar-refractivity contribution in [2.75, 3.05) is 0 Å². The molecule has 3 nitrogen and oxygen atoms in total. The first-order valence-corrected chi connectivity index (χ1v) is 5.04. The summed E-state index contributed by atoms with van der Waals surface area (Å²) in [5.41, 5.74) is 1.15. The number of pyridine rings is 1. The van der Waals surface area contributed by atoms with E-state index in [9.17, 15) is 9.90 Å². The zero-order valence-corrected chi connectivity index (χ0v) is 8.93. The molecule has 2 rings (SSSR count). The maximum Gasteiger partial charge on any atom is 0.290 e. The predicted molar refractivity (Wildman–Crippen MR) is 60.6 cm³/mol. The topological polar surface area (TPSA) is 53.1 Å². The smallest absolute Gasteiger partial charge is 0.290 e. The number of halogens is 1. The zero-order valence-electron chi connectivity index (χ0n) is 8.17. The van der Waals surface area contributed by atoms with Crippen LogP contribution in [0.5, 0.6) is 5.75 Å². The van der Waals surface area contributed by atoms with Gasteiger partial charge in [0.1, 0.15) is 0 Å². The van der Waals surface area contributed by atoms with Crippen LogP contribution in [0.25, 0.3) is 10.9 Å². The minimum atomic E-state index is -0.480. The van der Waals surface area contributed by atoms with Crippen LogP contribution in [0.1, 0.15) is 12.5 Å². The van der Waals surface area contributed by atoms with Gasteiger partial charge in [0.25, 0.3) is 5.56 Å². The Hall–Kier alpha value is -1.48. The first-order chi connectivity index (χ1) is 7.13. The van der Waals surface area contributed by atoms with Crippen molar-refractivity contribution >= 4 is 22.5 Å². The maximum atomic E-state index is 11.2. The van der Waals surface area contributed by atoms with Crippen LogP contribution in [0.3, 0.4) is 0 Å². The normalized spacial score (nSPS) is 10.8. The highest BCUT2D eigenvalue weighted by Crippen LogP contribution is 2.26. The maximum absolute atomic E-state index is 11.2. The molecule has 0 unspecified atom stereocenters. The van der Waals surface area contributed by atoms with Gasteiger partial charge in [0.05, 0.1) is 0 Å². The Labute approximate surface area is 91.3 Å². The number of hydrogen-bond donors (Lipinski definition) is 2. The van der Waals surface area contributed by atoms with Crippen LogP contribution in [0.15, 0.2) is 23.0 Å². The number of nitrogens with one attached hydrogen (secondary N) is 1. The van der Waals surface area contributed by atoms with Gasteiger partial charge in [-0.3, -0.25) is 4.79 Å². The van der Waals surface area contributed by atoms with Crippen molar-refractivity contribution < 1.29 is 5.11 Å². The summed E-state index contributed by atoms with van der Waals surface area (Å²) in [5, 5.41) is 10.8. The van der Waals surface area contributed by atoms with Gasteiger partial charge in [0, 0.05) is 15.9 Å². The largest absolute Gasteiger partial charge is 0.503 e. The summed E-state index contributed by atoms with van der Waals surface area (Å²) in [4.78, 5) is 13.8. The first-order valence-electron chi connectivity index (χ1n) is 4.67. The molecule has 0 spiro atoms. The molecule has 2 N–H and O–H groups in total. The lowest BCUT2D eigenvalue weighted by Crippen LogP contribution is -2.05.